The zero-order valence-corrected chi connectivity index (χ0v) is 15.3. The van der Waals surface area contributed by atoms with Crippen molar-refractivity contribution in [1.82, 2.24) is 0 Å². The van der Waals surface area contributed by atoms with Gasteiger partial charge in [-0.3, -0.25) is 9.59 Å². The van der Waals surface area contributed by atoms with Crippen molar-refractivity contribution in [3.05, 3.63) is 70.8 Å². The van der Waals surface area contributed by atoms with Crippen molar-refractivity contribution < 1.29 is 19.1 Å². The lowest BCUT2D eigenvalue weighted by Crippen LogP contribution is -2.23. The number of anilines is 1. The number of nitrogens with zero attached hydrogens (tertiary/aromatic N) is 1. The molecular formula is C21H18ClNO4. The second-order valence-corrected chi connectivity index (χ2v) is 6.55. The molecule has 0 saturated carbocycles. The molecule has 1 aliphatic heterocycles. The van der Waals surface area contributed by atoms with Gasteiger partial charge in [0.15, 0.2) is 12.4 Å². The average molecular weight is 384 g/mol. The Balaban J connectivity index is 1.52. The number of Topliss-reactive ketones (excluding diaryl/α,β-unsaturated/α-hetero) is 1. The summed E-state index contributed by atoms with van der Waals surface area (Å²) in [6, 6.07) is 13.8. The van der Waals surface area contributed by atoms with Crippen molar-refractivity contribution in [3.63, 3.8) is 0 Å². The van der Waals surface area contributed by atoms with Crippen LogP contribution in [0.4, 0.5) is 5.69 Å². The van der Waals surface area contributed by atoms with Crippen LogP contribution in [-0.2, 0) is 14.3 Å². The lowest BCUT2D eigenvalue weighted by atomic mass is 10.1. The quantitative estimate of drug-likeness (QED) is 0.431. The summed E-state index contributed by atoms with van der Waals surface area (Å²) in [5, 5.41) is 0.569. The van der Waals surface area contributed by atoms with E-state index >= 15 is 0 Å². The minimum Gasteiger partial charge on any atom is -0.454 e. The first-order valence-electron chi connectivity index (χ1n) is 8.57. The zero-order chi connectivity index (χ0) is 19.2. The first-order valence-corrected chi connectivity index (χ1v) is 8.95. The molecule has 0 aromatic heterocycles. The van der Waals surface area contributed by atoms with Gasteiger partial charge < -0.3 is 9.64 Å². The van der Waals surface area contributed by atoms with Gasteiger partial charge in [-0.2, -0.15) is 0 Å². The fourth-order valence-electron chi connectivity index (χ4n) is 2.79. The summed E-state index contributed by atoms with van der Waals surface area (Å²) in [6.45, 7) is 0.351. The van der Waals surface area contributed by atoms with Gasteiger partial charge in [0.1, 0.15) is 0 Å². The van der Waals surface area contributed by atoms with Gasteiger partial charge in [-0.05, 0) is 54.5 Å². The molecule has 0 aliphatic carbocycles. The van der Waals surface area contributed by atoms with E-state index in [1.807, 2.05) is 0 Å². The minimum absolute atomic E-state index is 0.0921. The number of benzene rings is 2. The van der Waals surface area contributed by atoms with Gasteiger partial charge in [0, 0.05) is 35.3 Å². The van der Waals surface area contributed by atoms with Crippen LogP contribution in [0.25, 0.3) is 6.08 Å². The third kappa shape index (κ3) is 5.05. The van der Waals surface area contributed by atoms with Crippen LogP contribution in [0, 0.1) is 0 Å². The molecule has 1 fully saturated rings. The van der Waals surface area contributed by atoms with Crippen LogP contribution in [0.3, 0.4) is 0 Å². The van der Waals surface area contributed by atoms with E-state index in [4.69, 9.17) is 16.3 Å². The highest BCUT2D eigenvalue weighted by Gasteiger charge is 2.21. The molecule has 0 N–H and O–H groups in total. The lowest BCUT2D eigenvalue weighted by molar-refractivity contribution is -0.136. The molecule has 27 heavy (non-hydrogen) atoms. The van der Waals surface area contributed by atoms with Crippen molar-refractivity contribution in [2.24, 2.45) is 0 Å². The molecule has 2 aromatic rings. The number of hydrogen-bond acceptors (Lipinski definition) is 4. The smallest absolute Gasteiger partial charge is 0.331 e. The van der Waals surface area contributed by atoms with Crippen LogP contribution < -0.4 is 4.90 Å². The summed E-state index contributed by atoms with van der Waals surface area (Å²) in [5.74, 6) is -0.823. The second kappa shape index (κ2) is 8.64. The molecule has 0 atom stereocenters. The molecule has 0 spiro atoms. The third-order valence-electron chi connectivity index (χ3n) is 4.18. The van der Waals surface area contributed by atoms with E-state index < -0.39 is 5.97 Å². The number of hydrogen-bond donors (Lipinski definition) is 0. The lowest BCUT2D eigenvalue weighted by Gasteiger charge is -2.15. The molecule has 138 valence electrons. The molecule has 0 unspecified atom stereocenters. The average Bonchev–Trinajstić information content (AvgIpc) is 3.10. The van der Waals surface area contributed by atoms with Crippen molar-refractivity contribution in [2.45, 2.75) is 12.8 Å². The Labute approximate surface area is 162 Å². The molecule has 1 heterocycles. The number of carbonyl (C=O) groups excluding carboxylic acids is 3. The summed E-state index contributed by atoms with van der Waals surface area (Å²) in [4.78, 5) is 37.4. The Bertz CT molecular complexity index is 889. The third-order valence-corrected chi connectivity index (χ3v) is 4.42. The SMILES string of the molecule is O=C(/C=C/c1cccc(Cl)c1)OCC(=O)c1ccc(N2CCCC2=O)cc1. The molecule has 0 radical (unpaired) electrons. The van der Waals surface area contributed by atoms with Gasteiger partial charge in [-0.25, -0.2) is 4.79 Å². The number of rotatable bonds is 6. The monoisotopic (exact) mass is 383 g/mol. The van der Waals surface area contributed by atoms with Crippen LogP contribution in [-0.4, -0.2) is 30.8 Å². The normalized spacial score (nSPS) is 14.0. The molecule has 1 amide bonds. The van der Waals surface area contributed by atoms with Crippen LogP contribution in [0.15, 0.2) is 54.6 Å². The molecule has 6 heteroatoms. The van der Waals surface area contributed by atoms with E-state index in [0.29, 0.717) is 23.6 Å². The summed E-state index contributed by atoms with van der Waals surface area (Å²) >= 11 is 5.87. The highest BCUT2D eigenvalue weighted by molar-refractivity contribution is 6.30. The molecular weight excluding hydrogens is 366 g/mol. The Morgan fingerprint density at radius 3 is 2.59 bits per heavy atom. The maximum Gasteiger partial charge on any atom is 0.331 e. The highest BCUT2D eigenvalue weighted by atomic mass is 35.5. The summed E-state index contributed by atoms with van der Waals surface area (Å²) < 4.78 is 4.98. The van der Waals surface area contributed by atoms with Gasteiger partial charge >= 0.3 is 5.97 Å². The minimum atomic E-state index is -0.609. The zero-order valence-electron chi connectivity index (χ0n) is 14.6. The maximum atomic E-state index is 12.2. The van der Waals surface area contributed by atoms with Crippen molar-refractivity contribution in [1.29, 1.82) is 0 Å². The van der Waals surface area contributed by atoms with Gasteiger partial charge in [0.25, 0.3) is 0 Å². The Kier molecular flexibility index (Phi) is 6.04. The number of carbonyl (C=O) groups is 3. The van der Waals surface area contributed by atoms with Crippen molar-refractivity contribution in [2.75, 3.05) is 18.1 Å². The van der Waals surface area contributed by atoms with Crippen LogP contribution in [0.2, 0.25) is 5.02 Å². The topological polar surface area (TPSA) is 63.7 Å². The van der Waals surface area contributed by atoms with Crippen LogP contribution >= 0.6 is 11.6 Å². The second-order valence-electron chi connectivity index (χ2n) is 6.12. The summed E-state index contributed by atoms with van der Waals surface area (Å²) in [5.41, 5.74) is 1.96. The highest BCUT2D eigenvalue weighted by Crippen LogP contribution is 2.21. The van der Waals surface area contributed by atoms with E-state index in [2.05, 4.69) is 0 Å². The number of ketones is 1. The fraction of sp³-hybridized carbons (Fsp3) is 0.190. The van der Waals surface area contributed by atoms with Crippen LogP contribution in [0.5, 0.6) is 0 Å². The largest absolute Gasteiger partial charge is 0.454 e. The molecule has 0 bridgehead atoms. The van der Waals surface area contributed by atoms with Gasteiger partial charge in [0.05, 0.1) is 0 Å². The van der Waals surface area contributed by atoms with E-state index in [0.717, 1.165) is 17.7 Å². The van der Waals surface area contributed by atoms with Crippen molar-refractivity contribution in [3.8, 4) is 0 Å². The fourth-order valence-corrected chi connectivity index (χ4v) is 2.99. The van der Waals surface area contributed by atoms with Gasteiger partial charge in [-0.15, -0.1) is 0 Å². The molecule has 3 rings (SSSR count). The Hall–Kier alpha value is -2.92. The molecule has 5 nitrogen and oxygen atoms in total. The van der Waals surface area contributed by atoms with E-state index in [1.165, 1.54) is 6.08 Å². The van der Waals surface area contributed by atoms with Gasteiger partial charge in [0.2, 0.25) is 5.91 Å². The molecule has 2 aromatic carbocycles. The standard InChI is InChI=1S/C21H18ClNO4/c22-17-4-1-3-15(13-17)6-11-21(26)27-14-19(24)16-7-9-18(10-8-16)23-12-2-5-20(23)25/h1,3-4,6-11,13H,2,5,12,14H2/b11-6+. The predicted octanol–water partition coefficient (Wildman–Crippen LogP) is 3.91. The molecule has 1 aliphatic rings. The molecule has 1 saturated heterocycles. The van der Waals surface area contributed by atoms with Crippen molar-refractivity contribution >= 4 is 41.0 Å². The first kappa shape index (κ1) is 18.9. The number of ether oxygens (including phenoxy) is 1. The van der Waals surface area contributed by atoms with E-state index in [9.17, 15) is 14.4 Å². The number of esters is 1. The summed E-state index contributed by atoms with van der Waals surface area (Å²) in [6.07, 6.45) is 4.22. The number of amides is 1. The maximum absolute atomic E-state index is 12.2. The van der Waals surface area contributed by atoms with E-state index in [-0.39, 0.29) is 18.3 Å². The first-order chi connectivity index (χ1) is 13.0. The van der Waals surface area contributed by atoms with Gasteiger partial charge in [-0.1, -0.05) is 23.7 Å². The Morgan fingerprint density at radius 1 is 1.15 bits per heavy atom. The van der Waals surface area contributed by atoms with Crippen LogP contribution in [0.1, 0.15) is 28.8 Å². The summed E-state index contributed by atoms with van der Waals surface area (Å²) in [7, 11) is 0. The Morgan fingerprint density at radius 2 is 1.93 bits per heavy atom. The number of halogens is 1. The van der Waals surface area contributed by atoms with E-state index in [1.54, 1.807) is 59.5 Å². The predicted molar refractivity (Wildman–Crippen MR) is 104 cm³/mol.